The van der Waals surface area contributed by atoms with Gasteiger partial charge in [-0.1, -0.05) is 17.7 Å². The molecule has 0 spiro atoms. The van der Waals surface area contributed by atoms with Gasteiger partial charge in [0.05, 0.1) is 12.0 Å². The molecule has 0 saturated carbocycles. The third-order valence-electron chi connectivity index (χ3n) is 4.94. The van der Waals surface area contributed by atoms with Crippen molar-refractivity contribution in [1.82, 2.24) is 9.88 Å². The minimum Gasteiger partial charge on any atom is -0.324 e. The molecule has 1 aromatic heterocycles. The average Bonchev–Trinajstić information content (AvgIpc) is 3.18. The number of benzene rings is 1. The Morgan fingerprint density at radius 1 is 1.37 bits per heavy atom. The van der Waals surface area contributed by atoms with Gasteiger partial charge in [-0.2, -0.15) is 0 Å². The van der Waals surface area contributed by atoms with Gasteiger partial charge in [-0.25, -0.2) is 4.98 Å². The zero-order valence-corrected chi connectivity index (χ0v) is 16.9. The highest BCUT2D eigenvalue weighted by Crippen LogP contribution is 2.25. The van der Waals surface area contributed by atoms with E-state index < -0.39 is 0 Å². The third kappa shape index (κ3) is 4.86. The van der Waals surface area contributed by atoms with Crippen LogP contribution in [0, 0.1) is 12.8 Å². The summed E-state index contributed by atoms with van der Waals surface area (Å²) in [7, 11) is 0. The molecule has 2 atom stereocenters. The van der Waals surface area contributed by atoms with Crippen molar-refractivity contribution in [3.63, 3.8) is 0 Å². The maximum absolute atomic E-state index is 12.7. The van der Waals surface area contributed by atoms with E-state index in [1.807, 2.05) is 31.4 Å². The van der Waals surface area contributed by atoms with Crippen molar-refractivity contribution in [3.05, 3.63) is 40.4 Å². The van der Waals surface area contributed by atoms with E-state index in [0.29, 0.717) is 16.7 Å². The second-order valence-electron chi connectivity index (χ2n) is 6.74. The van der Waals surface area contributed by atoms with E-state index >= 15 is 0 Å². The molecule has 1 aromatic carbocycles. The molecule has 8 heteroatoms. The quantitative estimate of drug-likeness (QED) is 0.792. The number of likely N-dealkylation sites (tertiary alicyclic amines) is 1. The van der Waals surface area contributed by atoms with Crippen molar-refractivity contribution in [1.29, 1.82) is 0 Å². The minimum atomic E-state index is -0.334. The van der Waals surface area contributed by atoms with Crippen LogP contribution in [-0.2, 0) is 9.59 Å². The standard InChI is InChI=1S/C19H23ClN4O2S/c1-12-15(20)6-3-7-16(12)22-17(25)13(2)24-9-4-5-14(11-24)18(26)23-19-21-8-10-27-19/h3,6-8,10,13-14H,4-5,9,11H2,1-2H3,(H,22,25)(H,21,23,26)/t13-,14-/m0/s1. The molecular formula is C19H23ClN4O2S. The largest absolute Gasteiger partial charge is 0.324 e. The van der Waals surface area contributed by atoms with E-state index in [9.17, 15) is 9.59 Å². The van der Waals surface area contributed by atoms with Gasteiger partial charge < -0.3 is 10.6 Å². The summed E-state index contributed by atoms with van der Waals surface area (Å²) >= 11 is 7.53. The van der Waals surface area contributed by atoms with Crippen molar-refractivity contribution in [2.24, 2.45) is 5.92 Å². The van der Waals surface area contributed by atoms with Gasteiger partial charge in [-0.15, -0.1) is 11.3 Å². The van der Waals surface area contributed by atoms with E-state index in [-0.39, 0.29) is 23.8 Å². The van der Waals surface area contributed by atoms with Crippen LogP contribution in [0.2, 0.25) is 5.02 Å². The number of anilines is 2. The van der Waals surface area contributed by atoms with Crippen LogP contribution in [-0.4, -0.2) is 40.8 Å². The fourth-order valence-corrected chi connectivity index (χ4v) is 3.92. The molecule has 0 aliphatic carbocycles. The Morgan fingerprint density at radius 3 is 2.93 bits per heavy atom. The maximum Gasteiger partial charge on any atom is 0.241 e. The van der Waals surface area contributed by atoms with Crippen molar-refractivity contribution >= 4 is 45.6 Å². The number of aromatic nitrogens is 1. The molecule has 27 heavy (non-hydrogen) atoms. The van der Waals surface area contributed by atoms with Crippen LogP contribution in [0.25, 0.3) is 0 Å². The lowest BCUT2D eigenvalue weighted by atomic mass is 9.96. The molecule has 2 aromatic rings. The molecule has 2 heterocycles. The highest BCUT2D eigenvalue weighted by atomic mass is 35.5. The smallest absolute Gasteiger partial charge is 0.241 e. The molecule has 1 aliphatic heterocycles. The van der Waals surface area contributed by atoms with Crippen LogP contribution in [0.4, 0.5) is 10.8 Å². The van der Waals surface area contributed by atoms with Crippen molar-refractivity contribution in [2.45, 2.75) is 32.7 Å². The Morgan fingerprint density at radius 2 is 2.19 bits per heavy atom. The molecular weight excluding hydrogens is 384 g/mol. The number of piperidine rings is 1. The van der Waals surface area contributed by atoms with Gasteiger partial charge in [0.1, 0.15) is 0 Å². The lowest BCUT2D eigenvalue weighted by Gasteiger charge is -2.35. The molecule has 1 aliphatic rings. The Balaban J connectivity index is 1.60. The summed E-state index contributed by atoms with van der Waals surface area (Å²) in [5, 5.41) is 8.87. The number of nitrogens with zero attached hydrogens (tertiary/aromatic N) is 2. The number of hydrogen-bond acceptors (Lipinski definition) is 5. The van der Waals surface area contributed by atoms with Crippen LogP contribution in [0.5, 0.6) is 0 Å². The first-order chi connectivity index (χ1) is 13.0. The topological polar surface area (TPSA) is 74.3 Å². The first-order valence-corrected chi connectivity index (χ1v) is 10.2. The van der Waals surface area contributed by atoms with E-state index in [4.69, 9.17) is 11.6 Å². The predicted molar refractivity (Wildman–Crippen MR) is 109 cm³/mol. The first-order valence-electron chi connectivity index (χ1n) is 8.96. The van der Waals surface area contributed by atoms with Gasteiger partial charge in [0.15, 0.2) is 5.13 Å². The highest BCUT2D eigenvalue weighted by Gasteiger charge is 2.31. The Hall–Kier alpha value is -1.96. The van der Waals surface area contributed by atoms with Crippen LogP contribution < -0.4 is 10.6 Å². The Bertz CT molecular complexity index is 812. The van der Waals surface area contributed by atoms with E-state index in [2.05, 4.69) is 20.5 Å². The number of halogens is 1. The summed E-state index contributed by atoms with van der Waals surface area (Å²) in [6.07, 6.45) is 3.36. The molecule has 2 N–H and O–H groups in total. The summed E-state index contributed by atoms with van der Waals surface area (Å²) < 4.78 is 0. The number of thiazole rings is 1. The van der Waals surface area contributed by atoms with Crippen molar-refractivity contribution in [3.8, 4) is 0 Å². The molecule has 6 nitrogen and oxygen atoms in total. The molecule has 1 saturated heterocycles. The number of rotatable bonds is 5. The number of hydrogen-bond donors (Lipinski definition) is 2. The summed E-state index contributed by atoms with van der Waals surface area (Å²) in [5.74, 6) is -0.278. The summed E-state index contributed by atoms with van der Waals surface area (Å²) in [4.78, 5) is 31.3. The monoisotopic (exact) mass is 406 g/mol. The fourth-order valence-electron chi connectivity index (χ4n) is 3.21. The lowest BCUT2D eigenvalue weighted by molar-refractivity contribution is -0.125. The van der Waals surface area contributed by atoms with E-state index in [0.717, 1.165) is 30.6 Å². The third-order valence-corrected chi connectivity index (χ3v) is 6.04. The van der Waals surface area contributed by atoms with Gasteiger partial charge in [0, 0.05) is 28.8 Å². The molecule has 2 amide bonds. The predicted octanol–water partition coefficient (Wildman–Crippen LogP) is 3.78. The Labute approximate surface area is 167 Å². The van der Waals surface area contributed by atoms with Crippen LogP contribution in [0.15, 0.2) is 29.8 Å². The van der Waals surface area contributed by atoms with Crippen LogP contribution >= 0.6 is 22.9 Å². The van der Waals surface area contributed by atoms with Crippen LogP contribution in [0.3, 0.4) is 0 Å². The number of amides is 2. The van der Waals surface area contributed by atoms with Gasteiger partial charge in [-0.3, -0.25) is 14.5 Å². The second-order valence-corrected chi connectivity index (χ2v) is 8.04. The van der Waals surface area contributed by atoms with Gasteiger partial charge in [0.25, 0.3) is 0 Å². The summed E-state index contributed by atoms with van der Waals surface area (Å²) in [6.45, 7) is 5.10. The number of nitrogens with one attached hydrogen (secondary N) is 2. The summed E-state index contributed by atoms with van der Waals surface area (Å²) in [6, 6.07) is 5.12. The van der Waals surface area contributed by atoms with Crippen molar-refractivity contribution in [2.75, 3.05) is 23.7 Å². The van der Waals surface area contributed by atoms with E-state index in [1.54, 1.807) is 12.3 Å². The van der Waals surface area contributed by atoms with Crippen LogP contribution in [0.1, 0.15) is 25.3 Å². The summed E-state index contributed by atoms with van der Waals surface area (Å²) in [5.41, 5.74) is 1.56. The average molecular weight is 407 g/mol. The maximum atomic E-state index is 12.7. The highest BCUT2D eigenvalue weighted by molar-refractivity contribution is 7.13. The normalized spacial score (nSPS) is 18.7. The van der Waals surface area contributed by atoms with Gasteiger partial charge >= 0.3 is 0 Å². The number of carbonyl (C=O) groups excluding carboxylic acids is 2. The minimum absolute atomic E-state index is 0.0343. The molecule has 0 radical (unpaired) electrons. The first kappa shape index (κ1) is 19.8. The lowest BCUT2D eigenvalue weighted by Crippen LogP contribution is -2.49. The molecule has 0 unspecified atom stereocenters. The second kappa shape index (κ2) is 8.82. The Kier molecular flexibility index (Phi) is 6.46. The van der Waals surface area contributed by atoms with Gasteiger partial charge in [-0.05, 0) is 50.9 Å². The fraction of sp³-hybridized carbons (Fsp3) is 0.421. The molecule has 0 bridgehead atoms. The van der Waals surface area contributed by atoms with Crippen molar-refractivity contribution < 1.29 is 9.59 Å². The molecule has 3 rings (SSSR count). The van der Waals surface area contributed by atoms with Gasteiger partial charge in [0.2, 0.25) is 11.8 Å². The SMILES string of the molecule is Cc1c(Cl)cccc1NC(=O)[C@H](C)N1CCC[C@H](C(=O)Nc2nccs2)C1. The zero-order valence-electron chi connectivity index (χ0n) is 15.4. The molecule has 1 fully saturated rings. The zero-order chi connectivity index (χ0) is 19.4. The number of carbonyl (C=O) groups is 2. The molecule has 144 valence electrons. The van der Waals surface area contributed by atoms with E-state index in [1.165, 1.54) is 11.3 Å².